The molecule has 2 radical (unpaired) electrons. The van der Waals surface area contributed by atoms with Crippen molar-refractivity contribution < 1.29 is 4.43 Å². The molecule has 0 spiro atoms. The first-order chi connectivity index (χ1) is 11.4. The molecule has 0 aliphatic heterocycles. The molecule has 0 aromatic rings. The minimum Gasteiger partial charge on any atom is -0.417 e. The fourth-order valence-electron chi connectivity index (χ4n) is 3.07. The van der Waals surface area contributed by atoms with Gasteiger partial charge in [-0.3, -0.25) is 0 Å². The fourth-order valence-corrected chi connectivity index (χ4v) is 3.57. The highest BCUT2D eigenvalue weighted by atomic mass is 28.2. The monoisotopic (exact) mass is 340 g/mol. The lowest BCUT2D eigenvalue weighted by atomic mass is 10.0. The summed E-state index contributed by atoms with van der Waals surface area (Å²) in [6.45, 7) is 5.47. The second-order valence-corrected chi connectivity index (χ2v) is 8.29. The van der Waals surface area contributed by atoms with Gasteiger partial charge in [-0.15, -0.1) is 0 Å². The summed E-state index contributed by atoms with van der Waals surface area (Å²) in [5.41, 5.74) is 0. The lowest BCUT2D eigenvalue weighted by Gasteiger charge is -2.04. The maximum atomic E-state index is 5.53. The quantitative estimate of drug-likeness (QED) is 0.163. The zero-order valence-electron chi connectivity index (χ0n) is 16.3. The van der Waals surface area contributed by atoms with Crippen LogP contribution in [0.15, 0.2) is 0 Å². The Hall–Kier alpha value is 0.177. The van der Waals surface area contributed by atoms with E-state index in [-0.39, 0.29) is 0 Å². The van der Waals surface area contributed by atoms with Crippen LogP contribution in [-0.2, 0) is 4.43 Å². The standard InChI is InChI=1S/C21H44OSi/c1-3-5-6-7-8-9-10-11-12-13-14-15-16-17-18-19-20-21-22-23-4-2/h3-21H2,1-2H3. The van der Waals surface area contributed by atoms with Gasteiger partial charge in [-0.2, -0.15) is 0 Å². The first-order valence-corrected chi connectivity index (χ1v) is 11.9. The van der Waals surface area contributed by atoms with Gasteiger partial charge in [0.15, 0.2) is 0 Å². The second kappa shape index (κ2) is 22.2. The predicted octanol–water partition coefficient (Wildman–Crippen LogP) is 7.71. The van der Waals surface area contributed by atoms with E-state index in [1.807, 2.05) is 0 Å². The summed E-state index contributed by atoms with van der Waals surface area (Å²) in [5.74, 6) is 0. The zero-order chi connectivity index (χ0) is 16.8. The van der Waals surface area contributed by atoms with Gasteiger partial charge in [-0.1, -0.05) is 117 Å². The van der Waals surface area contributed by atoms with Gasteiger partial charge in [0, 0.05) is 6.61 Å². The van der Waals surface area contributed by atoms with Crippen LogP contribution in [0.1, 0.15) is 123 Å². The molecule has 0 unspecified atom stereocenters. The van der Waals surface area contributed by atoms with Gasteiger partial charge in [-0.05, 0) is 12.5 Å². The molecule has 2 heteroatoms. The first-order valence-electron chi connectivity index (χ1n) is 10.8. The summed E-state index contributed by atoms with van der Waals surface area (Å²) >= 11 is 0. The van der Waals surface area contributed by atoms with Gasteiger partial charge in [0.05, 0.1) is 0 Å². The Morgan fingerprint density at radius 3 is 1.17 bits per heavy atom. The van der Waals surface area contributed by atoms with Gasteiger partial charge in [0.1, 0.15) is 0 Å². The van der Waals surface area contributed by atoms with Crippen LogP contribution in [0.2, 0.25) is 6.04 Å². The lowest BCUT2D eigenvalue weighted by molar-refractivity contribution is 0.320. The normalized spacial score (nSPS) is 11.2. The van der Waals surface area contributed by atoms with Crippen LogP contribution in [0.5, 0.6) is 0 Å². The van der Waals surface area contributed by atoms with E-state index in [0.717, 1.165) is 16.4 Å². The molecular weight excluding hydrogens is 296 g/mol. The van der Waals surface area contributed by atoms with Crippen molar-refractivity contribution in [3.8, 4) is 0 Å². The lowest BCUT2D eigenvalue weighted by Crippen LogP contribution is -1.98. The minimum absolute atomic E-state index is 0.726. The summed E-state index contributed by atoms with van der Waals surface area (Å²) < 4.78 is 5.53. The maximum absolute atomic E-state index is 5.53. The third-order valence-electron chi connectivity index (χ3n) is 4.60. The Labute approximate surface area is 150 Å². The summed E-state index contributed by atoms with van der Waals surface area (Å²) in [5, 5.41) is 0. The Bertz CT molecular complexity index is 176. The molecule has 23 heavy (non-hydrogen) atoms. The zero-order valence-corrected chi connectivity index (χ0v) is 17.3. The molecule has 138 valence electrons. The van der Waals surface area contributed by atoms with E-state index in [4.69, 9.17) is 4.43 Å². The van der Waals surface area contributed by atoms with Crippen molar-refractivity contribution in [1.82, 2.24) is 0 Å². The van der Waals surface area contributed by atoms with Crippen LogP contribution in [0, 0.1) is 0 Å². The topological polar surface area (TPSA) is 9.23 Å². The molecule has 0 amide bonds. The molecule has 0 heterocycles. The number of hydrogen-bond acceptors (Lipinski definition) is 1. The average molecular weight is 341 g/mol. The van der Waals surface area contributed by atoms with Crippen molar-refractivity contribution in [3.63, 3.8) is 0 Å². The molecule has 0 saturated heterocycles. The fraction of sp³-hybridized carbons (Fsp3) is 1.00. The van der Waals surface area contributed by atoms with E-state index in [0.29, 0.717) is 0 Å². The van der Waals surface area contributed by atoms with Gasteiger partial charge >= 0.3 is 0 Å². The molecular formula is C21H44OSi. The summed E-state index contributed by atoms with van der Waals surface area (Å²) in [6.07, 6.45) is 24.5. The second-order valence-electron chi connectivity index (χ2n) is 7.00. The highest BCUT2D eigenvalue weighted by molar-refractivity contribution is 6.26. The van der Waals surface area contributed by atoms with Crippen LogP contribution in [0.4, 0.5) is 0 Å². The Morgan fingerprint density at radius 2 is 0.826 bits per heavy atom. The molecule has 1 nitrogen and oxygen atoms in total. The molecule has 0 bridgehead atoms. The molecule has 0 atom stereocenters. The third-order valence-corrected chi connectivity index (χ3v) is 5.29. The summed E-state index contributed by atoms with van der Waals surface area (Å²) in [4.78, 5) is 0. The maximum Gasteiger partial charge on any atom is 0.229 e. The molecule has 0 aromatic carbocycles. The van der Waals surface area contributed by atoms with Crippen LogP contribution < -0.4 is 0 Å². The van der Waals surface area contributed by atoms with E-state index in [2.05, 4.69) is 13.8 Å². The van der Waals surface area contributed by atoms with Crippen molar-refractivity contribution in [2.24, 2.45) is 0 Å². The smallest absolute Gasteiger partial charge is 0.229 e. The van der Waals surface area contributed by atoms with Crippen LogP contribution >= 0.6 is 0 Å². The van der Waals surface area contributed by atoms with Crippen molar-refractivity contribution >= 4 is 9.76 Å². The Balaban J connectivity index is 2.92. The number of hydrogen-bond donors (Lipinski definition) is 0. The third kappa shape index (κ3) is 22.2. The van der Waals surface area contributed by atoms with E-state index in [9.17, 15) is 0 Å². The number of unbranched alkanes of at least 4 members (excludes halogenated alkanes) is 16. The van der Waals surface area contributed by atoms with E-state index in [1.54, 1.807) is 0 Å². The molecule has 0 saturated carbocycles. The van der Waals surface area contributed by atoms with Crippen molar-refractivity contribution in [2.75, 3.05) is 6.61 Å². The van der Waals surface area contributed by atoms with Gasteiger partial charge in [-0.25, -0.2) is 0 Å². The van der Waals surface area contributed by atoms with Crippen molar-refractivity contribution in [3.05, 3.63) is 0 Å². The molecule has 0 aliphatic carbocycles. The minimum atomic E-state index is 0.726. The highest BCUT2D eigenvalue weighted by Crippen LogP contribution is 2.13. The van der Waals surface area contributed by atoms with Crippen LogP contribution in [0.3, 0.4) is 0 Å². The highest BCUT2D eigenvalue weighted by Gasteiger charge is 1.95. The SMILES string of the molecule is CCCCCCCCCCCCCCCCCCCO[Si]CC. The largest absolute Gasteiger partial charge is 0.417 e. The summed E-state index contributed by atoms with van der Waals surface area (Å²) in [6, 6.07) is 1.18. The Morgan fingerprint density at radius 1 is 0.478 bits per heavy atom. The van der Waals surface area contributed by atoms with Gasteiger partial charge in [0.25, 0.3) is 0 Å². The van der Waals surface area contributed by atoms with Crippen molar-refractivity contribution in [1.29, 1.82) is 0 Å². The predicted molar refractivity (Wildman–Crippen MR) is 106 cm³/mol. The molecule has 0 fully saturated rings. The van der Waals surface area contributed by atoms with E-state index in [1.165, 1.54) is 115 Å². The molecule has 0 aliphatic rings. The molecule has 0 rings (SSSR count). The molecule has 0 aromatic heterocycles. The number of rotatable bonds is 20. The van der Waals surface area contributed by atoms with Gasteiger partial charge < -0.3 is 4.43 Å². The van der Waals surface area contributed by atoms with Crippen LogP contribution in [0.25, 0.3) is 0 Å². The van der Waals surface area contributed by atoms with Crippen molar-refractivity contribution in [2.45, 2.75) is 129 Å². The Kier molecular flexibility index (Phi) is 22.3. The van der Waals surface area contributed by atoms with E-state index >= 15 is 0 Å². The van der Waals surface area contributed by atoms with Crippen LogP contribution in [-0.4, -0.2) is 16.4 Å². The first kappa shape index (κ1) is 23.2. The molecule has 0 N–H and O–H groups in total. The van der Waals surface area contributed by atoms with E-state index < -0.39 is 0 Å². The average Bonchev–Trinajstić information content (AvgIpc) is 2.57. The van der Waals surface area contributed by atoms with Gasteiger partial charge in [0.2, 0.25) is 9.76 Å². The summed E-state index contributed by atoms with van der Waals surface area (Å²) in [7, 11) is 0.726.